The molecule has 0 spiro atoms. The van der Waals surface area contributed by atoms with Gasteiger partial charge in [-0.15, -0.1) is 0 Å². The summed E-state index contributed by atoms with van der Waals surface area (Å²) in [7, 11) is 0. The van der Waals surface area contributed by atoms with Crippen molar-refractivity contribution in [1.29, 1.82) is 0 Å². The van der Waals surface area contributed by atoms with Crippen molar-refractivity contribution < 1.29 is 4.79 Å². The van der Waals surface area contributed by atoms with Gasteiger partial charge >= 0.3 is 0 Å². The molecule has 3 nitrogen and oxygen atoms in total. The lowest BCUT2D eigenvalue weighted by Gasteiger charge is -2.14. The maximum Gasteiger partial charge on any atom is 0.278 e. The van der Waals surface area contributed by atoms with Crippen LogP contribution >= 0.6 is 0 Å². The summed E-state index contributed by atoms with van der Waals surface area (Å²) in [6, 6.07) is 9.42. The standard InChI is InChI=1S/C15H18N2O/c1-11-5-7-12(8-6-11)14(18)17-10-9-13(16-17)15(2,3)4/h5-10H,1-4H3. The topological polar surface area (TPSA) is 34.9 Å². The van der Waals surface area contributed by atoms with Crippen molar-refractivity contribution in [2.45, 2.75) is 33.1 Å². The van der Waals surface area contributed by atoms with Gasteiger partial charge in [-0.1, -0.05) is 38.5 Å². The molecule has 0 atom stereocenters. The number of hydrogen-bond acceptors (Lipinski definition) is 2. The summed E-state index contributed by atoms with van der Waals surface area (Å²) in [6.07, 6.45) is 1.72. The summed E-state index contributed by atoms with van der Waals surface area (Å²) < 4.78 is 1.41. The Morgan fingerprint density at radius 1 is 1.11 bits per heavy atom. The predicted octanol–water partition coefficient (Wildman–Crippen LogP) is 3.18. The fraction of sp³-hybridized carbons (Fsp3) is 0.333. The number of benzene rings is 1. The highest BCUT2D eigenvalue weighted by Crippen LogP contribution is 2.19. The molecule has 2 rings (SSSR count). The summed E-state index contributed by atoms with van der Waals surface area (Å²) in [6.45, 7) is 8.24. The van der Waals surface area contributed by atoms with Crippen LogP contribution in [-0.4, -0.2) is 15.7 Å². The average Bonchev–Trinajstić information content (AvgIpc) is 2.78. The molecule has 94 valence electrons. The van der Waals surface area contributed by atoms with Crippen molar-refractivity contribution in [2.75, 3.05) is 0 Å². The van der Waals surface area contributed by atoms with E-state index in [2.05, 4.69) is 25.9 Å². The Bertz CT molecular complexity index is 559. The first-order valence-electron chi connectivity index (χ1n) is 6.05. The van der Waals surface area contributed by atoms with Gasteiger partial charge in [-0.2, -0.15) is 5.10 Å². The molecule has 0 unspecified atom stereocenters. The summed E-state index contributed by atoms with van der Waals surface area (Å²) in [5.41, 5.74) is 2.67. The van der Waals surface area contributed by atoms with Crippen LogP contribution < -0.4 is 0 Å². The van der Waals surface area contributed by atoms with Gasteiger partial charge < -0.3 is 0 Å². The zero-order valence-electron chi connectivity index (χ0n) is 11.3. The molecule has 1 aromatic heterocycles. The first kappa shape index (κ1) is 12.6. The molecule has 1 heterocycles. The second-order valence-corrected chi connectivity index (χ2v) is 5.57. The van der Waals surface area contributed by atoms with Crippen LogP contribution in [0.5, 0.6) is 0 Å². The van der Waals surface area contributed by atoms with Crippen LogP contribution in [0.15, 0.2) is 36.5 Å². The van der Waals surface area contributed by atoms with Crippen molar-refractivity contribution in [2.24, 2.45) is 0 Å². The number of nitrogens with zero attached hydrogens (tertiary/aromatic N) is 2. The molecular weight excluding hydrogens is 224 g/mol. The fourth-order valence-electron chi connectivity index (χ4n) is 1.67. The Morgan fingerprint density at radius 2 is 1.72 bits per heavy atom. The lowest BCUT2D eigenvalue weighted by atomic mass is 9.93. The molecule has 0 amide bonds. The van der Waals surface area contributed by atoms with Crippen molar-refractivity contribution in [1.82, 2.24) is 9.78 Å². The van der Waals surface area contributed by atoms with Gasteiger partial charge in [0.2, 0.25) is 0 Å². The molecular formula is C15H18N2O. The average molecular weight is 242 g/mol. The zero-order valence-corrected chi connectivity index (χ0v) is 11.3. The second kappa shape index (κ2) is 4.41. The number of rotatable bonds is 1. The highest BCUT2D eigenvalue weighted by atomic mass is 16.2. The molecule has 0 aliphatic carbocycles. The summed E-state index contributed by atoms with van der Waals surface area (Å²) in [5.74, 6) is -0.0921. The lowest BCUT2D eigenvalue weighted by Crippen LogP contribution is -2.16. The lowest BCUT2D eigenvalue weighted by molar-refractivity contribution is 0.0944. The van der Waals surface area contributed by atoms with E-state index >= 15 is 0 Å². The van der Waals surface area contributed by atoms with Gasteiger partial charge in [0, 0.05) is 17.2 Å². The summed E-state index contributed by atoms with van der Waals surface area (Å²) >= 11 is 0. The zero-order chi connectivity index (χ0) is 13.3. The smallest absolute Gasteiger partial charge is 0.267 e. The Labute approximate surface area is 107 Å². The van der Waals surface area contributed by atoms with Gasteiger partial charge in [0.1, 0.15) is 0 Å². The van der Waals surface area contributed by atoms with E-state index in [9.17, 15) is 4.79 Å². The maximum atomic E-state index is 12.2. The quantitative estimate of drug-likeness (QED) is 0.769. The van der Waals surface area contributed by atoms with Gasteiger partial charge in [0.15, 0.2) is 0 Å². The number of aromatic nitrogens is 2. The Hall–Kier alpha value is -1.90. The van der Waals surface area contributed by atoms with Crippen LogP contribution in [0.25, 0.3) is 0 Å². The Balaban J connectivity index is 2.29. The first-order valence-corrected chi connectivity index (χ1v) is 6.05. The maximum absolute atomic E-state index is 12.2. The van der Waals surface area contributed by atoms with Gasteiger partial charge in [-0.25, -0.2) is 4.68 Å². The van der Waals surface area contributed by atoms with E-state index < -0.39 is 0 Å². The van der Waals surface area contributed by atoms with E-state index in [4.69, 9.17) is 0 Å². The number of hydrogen-bond donors (Lipinski definition) is 0. The minimum Gasteiger partial charge on any atom is -0.267 e. The number of carbonyl (C=O) groups is 1. The summed E-state index contributed by atoms with van der Waals surface area (Å²) in [4.78, 5) is 12.2. The van der Waals surface area contributed by atoms with Gasteiger partial charge in [-0.05, 0) is 25.1 Å². The first-order chi connectivity index (χ1) is 8.38. The third kappa shape index (κ3) is 2.50. The highest BCUT2D eigenvalue weighted by molar-refractivity contribution is 5.95. The van der Waals surface area contributed by atoms with E-state index in [0.29, 0.717) is 5.56 Å². The SMILES string of the molecule is Cc1ccc(C(=O)n2ccc(C(C)(C)C)n2)cc1. The number of aryl methyl sites for hydroxylation is 1. The van der Waals surface area contributed by atoms with Crippen LogP contribution in [0.3, 0.4) is 0 Å². The van der Waals surface area contributed by atoms with Crippen molar-refractivity contribution in [3.63, 3.8) is 0 Å². The minimum atomic E-state index is -0.0921. The second-order valence-electron chi connectivity index (χ2n) is 5.57. The van der Waals surface area contributed by atoms with Crippen LogP contribution in [0.2, 0.25) is 0 Å². The fourth-order valence-corrected chi connectivity index (χ4v) is 1.67. The molecule has 0 aliphatic heterocycles. The monoisotopic (exact) mass is 242 g/mol. The van der Waals surface area contributed by atoms with E-state index in [1.807, 2.05) is 37.3 Å². The minimum absolute atomic E-state index is 0.0429. The molecule has 18 heavy (non-hydrogen) atoms. The van der Waals surface area contributed by atoms with Crippen LogP contribution in [0, 0.1) is 6.92 Å². The third-order valence-electron chi connectivity index (χ3n) is 2.86. The third-order valence-corrected chi connectivity index (χ3v) is 2.86. The van der Waals surface area contributed by atoms with Crippen LogP contribution in [-0.2, 0) is 5.41 Å². The molecule has 0 saturated heterocycles. The molecule has 0 bridgehead atoms. The van der Waals surface area contributed by atoms with Crippen molar-refractivity contribution in [3.05, 3.63) is 53.3 Å². The molecule has 0 radical (unpaired) electrons. The molecule has 2 aromatic rings. The van der Waals surface area contributed by atoms with E-state index in [1.54, 1.807) is 6.20 Å². The molecule has 0 fully saturated rings. The van der Waals surface area contributed by atoms with Gasteiger partial charge in [0.05, 0.1) is 5.69 Å². The van der Waals surface area contributed by atoms with Gasteiger partial charge in [0.25, 0.3) is 5.91 Å². The largest absolute Gasteiger partial charge is 0.278 e. The van der Waals surface area contributed by atoms with Crippen LogP contribution in [0.4, 0.5) is 0 Å². The van der Waals surface area contributed by atoms with E-state index in [1.165, 1.54) is 4.68 Å². The molecule has 3 heteroatoms. The molecule has 0 aliphatic rings. The van der Waals surface area contributed by atoms with Crippen molar-refractivity contribution >= 4 is 5.91 Å². The van der Waals surface area contributed by atoms with E-state index in [-0.39, 0.29) is 11.3 Å². The Morgan fingerprint density at radius 3 is 2.22 bits per heavy atom. The summed E-state index contributed by atoms with van der Waals surface area (Å²) in [5, 5.41) is 4.35. The highest BCUT2D eigenvalue weighted by Gasteiger charge is 2.18. The number of carbonyl (C=O) groups excluding carboxylic acids is 1. The molecule has 0 saturated carbocycles. The predicted molar refractivity (Wildman–Crippen MR) is 71.8 cm³/mol. The molecule has 1 aromatic carbocycles. The molecule has 0 N–H and O–H groups in total. The normalized spacial score (nSPS) is 11.6. The van der Waals surface area contributed by atoms with E-state index in [0.717, 1.165) is 11.3 Å². The van der Waals surface area contributed by atoms with Crippen LogP contribution in [0.1, 0.15) is 42.4 Å². The van der Waals surface area contributed by atoms with Gasteiger partial charge in [-0.3, -0.25) is 4.79 Å². The Kier molecular flexibility index (Phi) is 3.07. The van der Waals surface area contributed by atoms with Crippen molar-refractivity contribution in [3.8, 4) is 0 Å².